The largest absolute Gasteiger partial charge is 0.480 e. The molecule has 0 saturated carbocycles. The maximum absolute atomic E-state index is 12.4. The number of rotatable bonds is 8. The van der Waals surface area contributed by atoms with Crippen molar-refractivity contribution in [2.24, 2.45) is 0 Å². The van der Waals surface area contributed by atoms with Crippen molar-refractivity contribution in [2.45, 2.75) is 12.5 Å². The van der Waals surface area contributed by atoms with Crippen LogP contribution < -0.4 is 10.6 Å². The van der Waals surface area contributed by atoms with Gasteiger partial charge < -0.3 is 10.4 Å². The molecule has 0 aliphatic heterocycles. The van der Waals surface area contributed by atoms with Crippen LogP contribution >= 0.6 is 11.6 Å². The van der Waals surface area contributed by atoms with Gasteiger partial charge in [0, 0.05) is 5.02 Å². The number of aromatic nitrogens is 4. The maximum Gasteiger partial charge on any atom is 0.321 e. The van der Waals surface area contributed by atoms with Crippen molar-refractivity contribution < 1.29 is 14.7 Å². The second-order valence-corrected chi connectivity index (χ2v) is 6.36. The highest BCUT2D eigenvalue weighted by molar-refractivity contribution is 6.31. The number of aliphatic carboxylic acids is 1. The maximum atomic E-state index is 12.4. The summed E-state index contributed by atoms with van der Waals surface area (Å²) < 4.78 is 1.38. The van der Waals surface area contributed by atoms with Crippen molar-refractivity contribution in [3.63, 3.8) is 0 Å². The molecule has 1 heterocycles. The van der Waals surface area contributed by atoms with Gasteiger partial charge in [0.15, 0.2) is 0 Å². The number of amides is 1. The minimum Gasteiger partial charge on any atom is -0.480 e. The smallest absolute Gasteiger partial charge is 0.321 e. The number of hydrogen-bond acceptors (Lipinski definition) is 6. The topological polar surface area (TPSA) is 122 Å². The van der Waals surface area contributed by atoms with Crippen molar-refractivity contribution in [3.05, 3.63) is 65.4 Å². The Morgan fingerprint density at radius 3 is 2.64 bits per heavy atom. The lowest BCUT2D eigenvalue weighted by Crippen LogP contribution is -2.42. The minimum atomic E-state index is -1.03. The molecule has 0 spiro atoms. The number of carboxylic acid groups (broad SMARTS) is 1. The van der Waals surface area contributed by atoms with E-state index in [0.29, 0.717) is 16.4 Å². The zero-order valence-corrected chi connectivity index (χ0v) is 15.4. The first-order valence-electron chi connectivity index (χ1n) is 8.36. The predicted octanol–water partition coefficient (Wildman–Crippen LogP) is 1.54. The third kappa shape index (κ3) is 5.12. The number of carbonyl (C=O) groups excluding carboxylic acids is 1. The van der Waals surface area contributed by atoms with E-state index in [1.807, 2.05) is 30.3 Å². The summed E-state index contributed by atoms with van der Waals surface area (Å²) in [4.78, 5) is 23.8. The van der Waals surface area contributed by atoms with Gasteiger partial charge in [-0.05, 0) is 40.6 Å². The van der Waals surface area contributed by atoms with E-state index < -0.39 is 17.9 Å². The Bertz CT molecular complexity index is 949. The van der Waals surface area contributed by atoms with Gasteiger partial charge >= 0.3 is 5.97 Å². The summed E-state index contributed by atoms with van der Waals surface area (Å²) in [6, 6.07) is 13.2. The highest BCUT2D eigenvalue weighted by atomic mass is 35.5. The zero-order valence-electron chi connectivity index (χ0n) is 14.6. The van der Waals surface area contributed by atoms with Crippen LogP contribution in [0.1, 0.15) is 5.56 Å². The highest BCUT2D eigenvalue weighted by Gasteiger charge is 2.19. The van der Waals surface area contributed by atoms with Gasteiger partial charge in [0.1, 0.15) is 12.4 Å². The molecule has 0 fully saturated rings. The molecule has 0 aliphatic rings. The van der Waals surface area contributed by atoms with E-state index in [1.165, 1.54) is 11.0 Å². The first-order valence-corrected chi connectivity index (χ1v) is 8.73. The summed E-state index contributed by atoms with van der Waals surface area (Å²) in [6.45, 7) is -0.189. The molecule has 3 N–H and O–H groups in total. The van der Waals surface area contributed by atoms with Gasteiger partial charge in [0.05, 0.1) is 17.9 Å². The Hall–Kier alpha value is -3.30. The van der Waals surface area contributed by atoms with Crippen LogP contribution in [0.5, 0.6) is 0 Å². The van der Waals surface area contributed by atoms with E-state index in [2.05, 4.69) is 26.2 Å². The van der Waals surface area contributed by atoms with Gasteiger partial charge in [-0.2, -0.15) is 4.68 Å². The Kier molecular flexibility index (Phi) is 6.30. The van der Waals surface area contributed by atoms with Crippen LogP contribution in [0.15, 0.2) is 54.9 Å². The van der Waals surface area contributed by atoms with E-state index in [-0.39, 0.29) is 13.0 Å². The van der Waals surface area contributed by atoms with Crippen LogP contribution in [0.4, 0.5) is 5.69 Å². The quantitative estimate of drug-likeness (QED) is 0.524. The number of carboxylic acids is 1. The fraction of sp³-hybridized carbons (Fsp3) is 0.167. The SMILES string of the molecule is O=C(CN[C@@H](Cc1ccccc1)C(=O)O)Nc1cc(Cl)ccc1-n1cnnn1. The molecule has 2 aromatic carbocycles. The molecular formula is C18H17ClN6O3. The van der Waals surface area contributed by atoms with E-state index in [1.54, 1.807) is 18.2 Å². The monoisotopic (exact) mass is 400 g/mol. The predicted molar refractivity (Wildman–Crippen MR) is 102 cm³/mol. The molecule has 0 bridgehead atoms. The average Bonchev–Trinajstić information content (AvgIpc) is 3.20. The first kappa shape index (κ1) is 19.5. The van der Waals surface area contributed by atoms with Gasteiger partial charge in [0.25, 0.3) is 0 Å². The fourth-order valence-corrected chi connectivity index (χ4v) is 2.76. The summed E-state index contributed by atoms with van der Waals surface area (Å²) in [5.74, 6) is -1.45. The molecule has 28 heavy (non-hydrogen) atoms. The summed E-state index contributed by atoms with van der Waals surface area (Å²) in [6.07, 6.45) is 1.65. The molecular weight excluding hydrogens is 384 g/mol. The molecule has 1 aromatic heterocycles. The van der Waals surface area contributed by atoms with Crippen LogP contribution in [0.25, 0.3) is 5.69 Å². The van der Waals surface area contributed by atoms with Crippen LogP contribution in [0.3, 0.4) is 0 Å². The van der Waals surface area contributed by atoms with Gasteiger partial charge in [-0.15, -0.1) is 5.10 Å². The van der Waals surface area contributed by atoms with Crippen LogP contribution in [-0.2, 0) is 16.0 Å². The summed E-state index contributed by atoms with van der Waals surface area (Å²) in [5.41, 5.74) is 1.79. The van der Waals surface area contributed by atoms with Crippen LogP contribution in [0, 0.1) is 0 Å². The van der Waals surface area contributed by atoms with Crippen LogP contribution in [-0.4, -0.2) is 49.8 Å². The molecule has 9 nitrogen and oxygen atoms in total. The second kappa shape index (κ2) is 9.07. The van der Waals surface area contributed by atoms with Gasteiger partial charge in [0.2, 0.25) is 5.91 Å². The molecule has 3 rings (SSSR count). The standard InChI is InChI=1S/C18H17ClN6O3/c19-13-6-7-16(25-11-21-23-24-25)14(9-13)22-17(26)10-20-15(18(27)28)8-12-4-2-1-3-5-12/h1-7,9,11,15,20H,8,10H2,(H,22,26)(H,27,28)/t15-/m0/s1. The van der Waals surface area contributed by atoms with Crippen molar-refractivity contribution in [1.29, 1.82) is 0 Å². The van der Waals surface area contributed by atoms with E-state index in [4.69, 9.17) is 11.6 Å². The van der Waals surface area contributed by atoms with E-state index >= 15 is 0 Å². The number of hydrogen-bond donors (Lipinski definition) is 3. The molecule has 144 valence electrons. The number of nitrogens with zero attached hydrogens (tertiary/aromatic N) is 4. The molecule has 0 saturated heterocycles. The van der Waals surface area contributed by atoms with E-state index in [0.717, 1.165) is 5.56 Å². The third-order valence-corrected chi connectivity index (χ3v) is 4.15. The minimum absolute atomic E-state index is 0.189. The van der Waals surface area contributed by atoms with Crippen molar-refractivity contribution in [3.8, 4) is 5.69 Å². The number of carbonyl (C=O) groups is 2. The molecule has 0 unspecified atom stereocenters. The number of benzene rings is 2. The number of anilines is 1. The molecule has 0 radical (unpaired) electrons. The van der Waals surface area contributed by atoms with E-state index in [9.17, 15) is 14.7 Å². The zero-order chi connectivity index (χ0) is 19.9. The Morgan fingerprint density at radius 1 is 1.18 bits per heavy atom. The van der Waals surface area contributed by atoms with Gasteiger partial charge in [-0.1, -0.05) is 41.9 Å². The lowest BCUT2D eigenvalue weighted by atomic mass is 10.1. The van der Waals surface area contributed by atoms with Crippen LogP contribution in [0.2, 0.25) is 5.02 Å². The molecule has 0 aliphatic carbocycles. The Balaban J connectivity index is 1.65. The Morgan fingerprint density at radius 2 is 1.96 bits per heavy atom. The van der Waals surface area contributed by atoms with Crippen molar-refractivity contribution in [1.82, 2.24) is 25.5 Å². The summed E-state index contributed by atoms with van der Waals surface area (Å²) in [7, 11) is 0. The van der Waals surface area contributed by atoms with Gasteiger partial charge in [-0.3, -0.25) is 14.9 Å². The van der Waals surface area contributed by atoms with Gasteiger partial charge in [-0.25, -0.2) is 0 Å². The fourth-order valence-electron chi connectivity index (χ4n) is 2.59. The summed E-state index contributed by atoms with van der Waals surface area (Å²) in [5, 5.41) is 26.2. The lowest BCUT2D eigenvalue weighted by Gasteiger charge is -2.15. The molecule has 1 amide bonds. The first-order chi connectivity index (χ1) is 13.5. The summed E-state index contributed by atoms with van der Waals surface area (Å²) >= 11 is 6.02. The molecule has 1 atom stereocenters. The van der Waals surface area contributed by atoms with Crippen molar-refractivity contribution in [2.75, 3.05) is 11.9 Å². The molecule has 3 aromatic rings. The number of nitrogens with one attached hydrogen (secondary N) is 2. The second-order valence-electron chi connectivity index (χ2n) is 5.93. The normalized spacial score (nSPS) is 11.8. The lowest BCUT2D eigenvalue weighted by molar-refractivity contribution is -0.139. The molecule has 10 heteroatoms. The Labute approximate surface area is 165 Å². The number of tetrazole rings is 1. The highest BCUT2D eigenvalue weighted by Crippen LogP contribution is 2.23. The number of halogens is 1. The van der Waals surface area contributed by atoms with Crippen molar-refractivity contribution >= 4 is 29.2 Å². The average molecular weight is 401 g/mol. The third-order valence-electron chi connectivity index (χ3n) is 3.92.